The summed E-state index contributed by atoms with van der Waals surface area (Å²) < 4.78 is 1.24. The number of amides is 1. The van der Waals surface area contributed by atoms with Gasteiger partial charge in [0.1, 0.15) is 0 Å². The van der Waals surface area contributed by atoms with E-state index in [0.717, 1.165) is 56.0 Å². The van der Waals surface area contributed by atoms with E-state index in [1.54, 1.807) is 11.3 Å². The number of aryl methyl sites for hydroxylation is 1. The van der Waals surface area contributed by atoms with E-state index in [-0.39, 0.29) is 5.92 Å². The van der Waals surface area contributed by atoms with Crippen LogP contribution in [0, 0.1) is 12.8 Å². The smallest absolute Gasteiger partial charge is 0.229 e. The zero-order chi connectivity index (χ0) is 19.1. The quantitative estimate of drug-likeness (QED) is 0.793. The van der Waals surface area contributed by atoms with Crippen LogP contribution in [0.1, 0.15) is 37.7 Å². The lowest BCUT2D eigenvalue weighted by Gasteiger charge is -2.44. The van der Waals surface area contributed by atoms with E-state index in [1.165, 1.54) is 42.4 Å². The average molecular weight is 399 g/mol. The van der Waals surface area contributed by atoms with Crippen molar-refractivity contribution in [3.8, 4) is 0 Å². The van der Waals surface area contributed by atoms with Gasteiger partial charge < -0.3 is 9.80 Å². The molecule has 0 N–H and O–H groups in total. The average Bonchev–Trinajstić information content (AvgIpc) is 3.10. The largest absolute Gasteiger partial charge is 0.346 e. The summed E-state index contributed by atoms with van der Waals surface area (Å²) in [6, 6.07) is 7.18. The van der Waals surface area contributed by atoms with Crippen LogP contribution in [0.4, 0.5) is 5.13 Å². The molecule has 6 heteroatoms. The third kappa shape index (κ3) is 3.52. The maximum atomic E-state index is 12.9. The second-order valence-corrected chi connectivity index (χ2v) is 9.73. The molecule has 0 atom stereocenters. The Morgan fingerprint density at radius 1 is 1.07 bits per heavy atom. The molecule has 3 heterocycles. The third-order valence-corrected chi connectivity index (χ3v) is 7.83. The molecule has 0 spiro atoms. The van der Waals surface area contributed by atoms with Crippen molar-refractivity contribution >= 4 is 32.6 Å². The number of rotatable bonds is 3. The van der Waals surface area contributed by atoms with Crippen LogP contribution in [0.5, 0.6) is 0 Å². The van der Waals surface area contributed by atoms with Crippen molar-refractivity contribution in [2.24, 2.45) is 5.92 Å². The number of hydrogen-bond donors (Lipinski definition) is 0. The fraction of sp³-hybridized carbons (Fsp3) is 0.636. The Hall–Kier alpha value is -1.66. The molecule has 1 aromatic carbocycles. The minimum atomic E-state index is 0.148. The van der Waals surface area contributed by atoms with Gasteiger partial charge in [-0.3, -0.25) is 9.69 Å². The first-order valence-electron chi connectivity index (χ1n) is 10.8. The number of nitrogens with zero attached hydrogens (tertiary/aromatic N) is 4. The molecule has 3 aliphatic rings. The van der Waals surface area contributed by atoms with E-state index in [9.17, 15) is 4.79 Å². The van der Waals surface area contributed by atoms with Gasteiger partial charge in [0.2, 0.25) is 5.91 Å². The number of benzene rings is 1. The number of carbonyl (C=O) groups is 1. The van der Waals surface area contributed by atoms with Gasteiger partial charge in [0.25, 0.3) is 0 Å². The van der Waals surface area contributed by atoms with E-state index in [0.29, 0.717) is 5.91 Å². The van der Waals surface area contributed by atoms with E-state index < -0.39 is 0 Å². The van der Waals surface area contributed by atoms with Gasteiger partial charge >= 0.3 is 0 Å². The number of anilines is 1. The predicted molar refractivity (Wildman–Crippen MR) is 115 cm³/mol. The summed E-state index contributed by atoms with van der Waals surface area (Å²) in [6.07, 6.45) is 6.88. The van der Waals surface area contributed by atoms with E-state index >= 15 is 0 Å². The summed E-state index contributed by atoms with van der Waals surface area (Å²) in [7, 11) is 0. The topological polar surface area (TPSA) is 39.7 Å². The van der Waals surface area contributed by atoms with Crippen molar-refractivity contribution in [1.29, 1.82) is 0 Å². The molecule has 0 radical (unpaired) electrons. The zero-order valence-electron chi connectivity index (χ0n) is 16.8. The molecule has 0 bridgehead atoms. The summed E-state index contributed by atoms with van der Waals surface area (Å²) in [6.45, 7) is 7.69. The zero-order valence-corrected chi connectivity index (χ0v) is 17.6. The Morgan fingerprint density at radius 3 is 2.57 bits per heavy atom. The Morgan fingerprint density at radius 2 is 1.82 bits per heavy atom. The lowest BCUT2D eigenvalue weighted by molar-refractivity contribution is -0.138. The molecule has 5 rings (SSSR count). The molecule has 2 saturated heterocycles. The van der Waals surface area contributed by atoms with Gasteiger partial charge in [0.15, 0.2) is 5.13 Å². The van der Waals surface area contributed by atoms with Gasteiger partial charge in [-0.1, -0.05) is 36.7 Å². The van der Waals surface area contributed by atoms with Crippen LogP contribution in [0.25, 0.3) is 10.2 Å². The summed E-state index contributed by atoms with van der Waals surface area (Å²) in [4.78, 5) is 24.7. The van der Waals surface area contributed by atoms with Gasteiger partial charge in [0, 0.05) is 45.3 Å². The van der Waals surface area contributed by atoms with Crippen LogP contribution in [-0.4, -0.2) is 66.0 Å². The van der Waals surface area contributed by atoms with E-state index in [4.69, 9.17) is 4.98 Å². The second-order valence-electron chi connectivity index (χ2n) is 8.72. The Balaban J connectivity index is 1.13. The number of aromatic nitrogens is 1. The summed E-state index contributed by atoms with van der Waals surface area (Å²) in [5.74, 6) is 0.506. The molecule has 0 unspecified atom stereocenters. The number of carbonyl (C=O) groups excluding carboxylic acids is 1. The van der Waals surface area contributed by atoms with Crippen LogP contribution < -0.4 is 4.90 Å². The van der Waals surface area contributed by atoms with Crippen LogP contribution in [0.2, 0.25) is 0 Å². The molecule has 2 aliphatic heterocycles. The molecule has 28 heavy (non-hydrogen) atoms. The number of fused-ring (bicyclic) bond motifs is 1. The van der Waals surface area contributed by atoms with Crippen LogP contribution in [-0.2, 0) is 4.79 Å². The Bertz CT molecular complexity index is 845. The highest BCUT2D eigenvalue weighted by molar-refractivity contribution is 7.22. The highest BCUT2D eigenvalue weighted by Gasteiger charge is 2.38. The van der Waals surface area contributed by atoms with Crippen molar-refractivity contribution < 1.29 is 4.79 Å². The van der Waals surface area contributed by atoms with E-state index in [2.05, 4.69) is 39.8 Å². The molecule has 1 aromatic heterocycles. The first-order valence-corrected chi connectivity index (χ1v) is 11.6. The van der Waals surface area contributed by atoms with Crippen molar-refractivity contribution in [1.82, 2.24) is 14.8 Å². The van der Waals surface area contributed by atoms with Gasteiger partial charge in [-0.2, -0.15) is 0 Å². The number of thiazole rings is 1. The third-order valence-electron chi connectivity index (χ3n) is 6.75. The first-order chi connectivity index (χ1) is 13.7. The summed E-state index contributed by atoms with van der Waals surface area (Å²) in [5.41, 5.74) is 2.34. The van der Waals surface area contributed by atoms with Crippen molar-refractivity contribution in [2.75, 3.05) is 44.2 Å². The maximum absolute atomic E-state index is 12.9. The molecular formula is C22H30N4OS. The van der Waals surface area contributed by atoms with Crippen molar-refractivity contribution in [3.05, 3.63) is 23.8 Å². The molecule has 1 aliphatic carbocycles. The van der Waals surface area contributed by atoms with Crippen LogP contribution in [0.15, 0.2) is 18.2 Å². The van der Waals surface area contributed by atoms with Crippen molar-refractivity contribution in [3.63, 3.8) is 0 Å². The highest BCUT2D eigenvalue weighted by Crippen LogP contribution is 2.34. The lowest BCUT2D eigenvalue weighted by atomic mass is 9.93. The predicted octanol–water partition coefficient (Wildman–Crippen LogP) is 3.52. The lowest BCUT2D eigenvalue weighted by Crippen LogP contribution is -2.59. The Kier molecular flexibility index (Phi) is 5.01. The van der Waals surface area contributed by atoms with Crippen LogP contribution in [0.3, 0.4) is 0 Å². The monoisotopic (exact) mass is 398 g/mol. The molecule has 1 amide bonds. The number of hydrogen-bond acceptors (Lipinski definition) is 5. The second kappa shape index (κ2) is 7.64. The van der Waals surface area contributed by atoms with E-state index in [1.807, 2.05) is 0 Å². The minimum Gasteiger partial charge on any atom is -0.346 e. The molecule has 3 fully saturated rings. The van der Waals surface area contributed by atoms with Crippen molar-refractivity contribution in [2.45, 2.75) is 45.1 Å². The highest BCUT2D eigenvalue weighted by atomic mass is 32.1. The maximum Gasteiger partial charge on any atom is 0.229 e. The SMILES string of the molecule is Cc1ccc2nc(N3CC(C(=O)N4CCN(C5CCCCC5)CC4)C3)sc2c1. The minimum absolute atomic E-state index is 0.148. The van der Waals surface area contributed by atoms with Gasteiger partial charge in [-0.05, 0) is 37.5 Å². The fourth-order valence-corrected chi connectivity index (χ4v) is 6.04. The summed E-state index contributed by atoms with van der Waals surface area (Å²) >= 11 is 1.74. The summed E-state index contributed by atoms with van der Waals surface area (Å²) in [5, 5.41) is 1.06. The standard InChI is InChI=1S/C22H30N4OS/c1-16-7-8-19-20(13-16)28-22(23-19)26-14-17(15-26)21(27)25-11-9-24(10-12-25)18-5-3-2-4-6-18/h7-8,13,17-18H,2-6,9-12,14-15H2,1H3. The van der Waals surface area contributed by atoms with Gasteiger partial charge in [-0.25, -0.2) is 4.98 Å². The first kappa shape index (κ1) is 18.4. The molecular weight excluding hydrogens is 368 g/mol. The van der Waals surface area contributed by atoms with Gasteiger partial charge in [-0.15, -0.1) is 0 Å². The molecule has 5 nitrogen and oxygen atoms in total. The molecule has 1 saturated carbocycles. The van der Waals surface area contributed by atoms with Crippen LogP contribution >= 0.6 is 11.3 Å². The molecule has 2 aromatic rings. The van der Waals surface area contributed by atoms with Gasteiger partial charge in [0.05, 0.1) is 16.1 Å². The normalized spacial score (nSPS) is 22.6. The Labute approximate surface area is 171 Å². The fourth-order valence-electron chi connectivity index (χ4n) is 4.96. The molecule has 150 valence electrons. The number of piperazine rings is 1.